The smallest absolute Gasteiger partial charge is 0.323 e. The van der Waals surface area contributed by atoms with Crippen molar-refractivity contribution in [3.05, 3.63) is 72.7 Å². The summed E-state index contributed by atoms with van der Waals surface area (Å²) in [7, 11) is 0. The highest BCUT2D eigenvalue weighted by Gasteiger charge is 2.15. The molecule has 0 atom stereocenters. The Kier molecular flexibility index (Phi) is 4.70. The van der Waals surface area contributed by atoms with Crippen molar-refractivity contribution in [2.45, 2.75) is 0 Å². The lowest BCUT2D eigenvalue weighted by Crippen LogP contribution is -2.23. The van der Waals surface area contributed by atoms with Crippen LogP contribution in [-0.2, 0) is 0 Å². The van der Waals surface area contributed by atoms with E-state index in [-0.39, 0.29) is 10.9 Å². The molecule has 1 aromatic heterocycles. The molecule has 0 radical (unpaired) electrons. The van der Waals surface area contributed by atoms with E-state index in [1.165, 1.54) is 12.1 Å². The molecular weight excluding hydrogens is 437 g/mol. The quantitative estimate of drug-likeness (QED) is 0.451. The summed E-state index contributed by atoms with van der Waals surface area (Å²) in [6.07, 6.45) is 0. The molecule has 0 spiro atoms. The van der Waals surface area contributed by atoms with E-state index in [2.05, 4.69) is 38.2 Å². The van der Waals surface area contributed by atoms with E-state index in [1.807, 2.05) is 6.07 Å². The Morgan fingerprint density at radius 2 is 1.80 bits per heavy atom. The molecule has 3 aromatic rings. The van der Waals surface area contributed by atoms with Crippen LogP contribution in [0.4, 0.5) is 16.2 Å². The van der Waals surface area contributed by atoms with Gasteiger partial charge in [-0.1, -0.05) is 18.2 Å². The largest absolute Gasteiger partial charge is 0.501 e. The van der Waals surface area contributed by atoms with Gasteiger partial charge < -0.3 is 20.7 Å². The van der Waals surface area contributed by atoms with Gasteiger partial charge in [0.25, 0.3) is 5.56 Å². The molecule has 126 valence electrons. The Morgan fingerprint density at radius 1 is 1.04 bits per heavy atom. The van der Waals surface area contributed by atoms with E-state index in [4.69, 9.17) is 0 Å². The number of hydrogen-bond donors (Lipinski definition) is 4. The van der Waals surface area contributed by atoms with Gasteiger partial charge in [-0.25, -0.2) is 4.79 Å². The van der Waals surface area contributed by atoms with Gasteiger partial charge in [0.2, 0.25) is 11.2 Å². The van der Waals surface area contributed by atoms with Gasteiger partial charge in [0.05, 0.1) is 5.52 Å². The van der Waals surface area contributed by atoms with E-state index in [9.17, 15) is 19.5 Å². The monoisotopic (exact) mass is 449 g/mol. The molecule has 2 aromatic carbocycles. The van der Waals surface area contributed by atoms with Crippen molar-refractivity contribution in [2.24, 2.45) is 0 Å². The van der Waals surface area contributed by atoms with E-state index in [0.717, 1.165) is 3.57 Å². The van der Waals surface area contributed by atoms with Crippen LogP contribution in [0.5, 0.6) is 5.75 Å². The number of fused-ring (bicyclic) bond motifs is 1. The fraction of sp³-hybridized carbons (Fsp3) is 0. The standard InChI is InChI=1S/C17H12IN3O4/c18-9-4-3-5-10(8-9)19-17(25)21-13-14(22)11-6-1-2-7-12(11)20-16(24)15(13)23/h1-8H,(H4,19,20,21,22,23,24,25). The fourth-order valence-electron chi connectivity index (χ4n) is 2.29. The number of carbonyl (C=O) groups is 1. The summed E-state index contributed by atoms with van der Waals surface area (Å²) in [4.78, 5) is 39.1. The number of amides is 2. The summed E-state index contributed by atoms with van der Waals surface area (Å²) in [5.41, 5.74) is -1.24. The highest BCUT2D eigenvalue weighted by Crippen LogP contribution is 2.17. The molecule has 0 aliphatic carbocycles. The molecule has 0 saturated heterocycles. The number of hydrogen-bond acceptors (Lipinski definition) is 4. The van der Waals surface area contributed by atoms with Gasteiger partial charge in [-0.15, -0.1) is 0 Å². The minimum Gasteiger partial charge on any atom is -0.501 e. The highest BCUT2D eigenvalue weighted by molar-refractivity contribution is 14.1. The number of anilines is 2. The van der Waals surface area contributed by atoms with Crippen LogP contribution < -0.4 is 21.6 Å². The van der Waals surface area contributed by atoms with E-state index in [0.29, 0.717) is 5.69 Å². The molecule has 1 heterocycles. The molecule has 7 nitrogen and oxygen atoms in total. The average molecular weight is 449 g/mol. The van der Waals surface area contributed by atoms with Gasteiger partial charge in [-0.05, 0) is 52.9 Å². The summed E-state index contributed by atoms with van der Waals surface area (Å²) in [6, 6.07) is 12.6. The topological polar surface area (TPSA) is 111 Å². The molecule has 0 bridgehead atoms. The molecule has 8 heteroatoms. The summed E-state index contributed by atoms with van der Waals surface area (Å²) in [5, 5.41) is 15.0. The zero-order valence-corrected chi connectivity index (χ0v) is 14.8. The molecular formula is C17H12IN3O4. The van der Waals surface area contributed by atoms with Gasteiger partial charge >= 0.3 is 6.03 Å². The van der Waals surface area contributed by atoms with Crippen LogP contribution >= 0.6 is 22.6 Å². The third-order valence-electron chi connectivity index (χ3n) is 3.42. The van der Waals surface area contributed by atoms with Crippen LogP contribution in [0.1, 0.15) is 0 Å². The zero-order valence-electron chi connectivity index (χ0n) is 12.7. The van der Waals surface area contributed by atoms with Crippen LogP contribution in [0.2, 0.25) is 0 Å². The Balaban J connectivity index is 2.03. The average Bonchev–Trinajstić information content (AvgIpc) is 2.66. The summed E-state index contributed by atoms with van der Waals surface area (Å²) >= 11 is 2.09. The molecule has 0 saturated carbocycles. The first-order valence-corrected chi connectivity index (χ1v) is 8.25. The SMILES string of the molecule is O=C(Nc1cccc(I)c1)Nc1c(O)c(=O)[nH]c2ccccc2c1=O. The van der Waals surface area contributed by atoms with E-state index in [1.54, 1.807) is 30.3 Å². The predicted octanol–water partition coefficient (Wildman–Crippen LogP) is 2.84. The number of nitrogens with one attached hydrogen (secondary N) is 3. The molecule has 0 aliphatic heterocycles. The normalized spacial score (nSPS) is 10.4. The van der Waals surface area contributed by atoms with Crippen molar-refractivity contribution in [1.82, 2.24) is 4.98 Å². The first-order valence-electron chi connectivity index (χ1n) is 7.17. The maximum atomic E-state index is 12.6. The number of carbonyl (C=O) groups excluding carboxylic acids is 1. The lowest BCUT2D eigenvalue weighted by Gasteiger charge is -2.07. The van der Waals surface area contributed by atoms with Crippen molar-refractivity contribution in [3.63, 3.8) is 0 Å². The second-order valence-electron chi connectivity index (χ2n) is 5.14. The van der Waals surface area contributed by atoms with Crippen molar-refractivity contribution in [2.75, 3.05) is 10.6 Å². The minimum absolute atomic E-state index is 0.171. The number of halogens is 1. The summed E-state index contributed by atoms with van der Waals surface area (Å²) in [5.74, 6) is -0.848. The lowest BCUT2D eigenvalue weighted by molar-refractivity contribution is 0.262. The molecule has 25 heavy (non-hydrogen) atoms. The van der Waals surface area contributed by atoms with Gasteiger partial charge in [-0.2, -0.15) is 0 Å². The van der Waals surface area contributed by atoms with Crippen molar-refractivity contribution < 1.29 is 9.90 Å². The number of aromatic nitrogens is 1. The Bertz CT molecular complexity index is 1090. The summed E-state index contributed by atoms with van der Waals surface area (Å²) < 4.78 is 0.913. The number of aromatic amines is 1. The second kappa shape index (κ2) is 6.93. The van der Waals surface area contributed by atoms with Crippen molar-refractivity contribution in [3.8, 4) is 5.75 Å². The van der Waals surface area contributed by atoms with Gasteiger partial charge in [0.1, 0.15) is 5.69 Å². The number of aromatic hydroxyl groups is 1. The van der Waals surface area contributed by atoms with Crippen LogP contribution in [0.25, 0.3) is 10.9 Å². The summed E-state index contributed by atoms with van der Waals surface area (Å²) in [6.45, 7) is 0. The number of benzene rings is 2. The van der Waals surface area contributed by atoms with Crippen LogP contribution in [0.3, 0.4) is 0 Å². The number of H-pyrrole nitrogens is 1. The molecule has 4 N–H and O–H groups in total. The Hall–Kier alpha value is -2.88. The lowest BCUT2D eigenvalue weighted by atomic mass is 10.2. The van der Waals surface area contributed by atoms with Gasteiger partial charge in [0.15, 0.2) is 0 Å². The minimum atomic E-state index is -0.872. The van der Waals surface area contributed by atoms with Crippen LogP contribution in [0.15, 0.2) is 58.1 Å². The van der Waals surface area contributed by atoms with E-state index >= 15 is 0 Å². The first kappa shape index (κ1) is 17.0. The highest BCUT2D eigenvalue weighted by atomic mass is 127. The molecule has 0 fully saturated rings. The fourth-order valence-corrected chi connectivity index (χ4v) is 2.83. The maximum absolute atomic E-state index is 12.6. The molecule has 0 unspecified atom stereocenters. The third kappa shape index (κ3) is 3.63. The van der Waals surface area contributed by atoms with Gasteiger partial charge in [-0.3, -0.25) is 9.59 Å². The Labute approximate surface area is 154 Å². The Morgan fingerprint density at radius 3 is 2.56 bits per heavy atom. The van der Waals surface area contributed by atoms with Crippen molar-refractivity contribution >= 4 is 50.9 Å². The molecule has 0 aliphatic rings. The maximum Gasteiger partial charge on any atom is 0.323 e. The third-order valence-corrected chi connectivity index (χ3v) is 4.09. The molecule has 3 rings (SSSR count). The second-order valence-corrected chi connectivity index (χ2v) is 6.39. The number of para-hydroxylation sites is 1. The van der Waals surface area contributed by atoms with E-state index < -0.39 is 28.5 Å². The van der Waals surface area contributed by atoms with Gasteiger partial charge in [0, 0.05) is 14.6 Å². The van der Waals surface area contributed by atoms with Crippen LogP contribution in [0, 0.1) is 3.57 Å². The zero-order chi connectivity index (χ0) is 18.0. The first-order chi connectivity index (χ1) is 12.0. The van der Waals surface area contributed by atoms with Crippen LogP contribution in [-0.4, -0.2) is 16.1 Å². The molecule has 2 amide bonds. The van der Waals surface area contributed by atoms with Crippen molar-refractivity contribution in [1.29, 1.82) is 0 Å². The number of rotatable bonds is 2. The predicted molar refractivity (Wildman–Crippen MR) is 104 cm³/mol. The number of urea groups is 1.